The third kappa shape index (κ3) is 2.78. The van der Waals surface area contributed by atoms with Gasteiger partial charge in [0.25, 0.3) is 0 Å². The van der Waals surface area contributed by atoms with Gasteiger partial charge in [-0.3, -0.25) is 14.4 Å². The van der Waals surface area contributed by atoms with Crippen LogP contribution in [-0.2, 0) is 19.1 Å². The van der Waals surface area contributed by atoms with Gasteiger partial charge in [-0.15, -0.1) is 0 Å². The maximum absolute atomic E-state index is 17.1. The fraction of sp³-hybridized carbons (Fsp3) is 0.875. The molecule has 0 spiro atoms. The lowest BCUT2D eigenvalue weighted by Gasteiger charge is -2.65. The van der Waals surface area contributed by atoms with Gasteiger partial charge >= 0.3 is 5.97 Å². The molecule has 0 aromatic rings. The number of rotatable bonds is 3. The third-order valence-electron chi connectivity index (χ3n) is 9.97. The van der Waals surface area contributed by atoms with Gasteiger partial charge in [0.2, 0.25) is 5.78 Å². The molecule has 4 saturated carbocycles. The second-order valence-corrected chi connectivity index (χ2v) is 11.2. The van der Waals surface area contributed by atoms with E-state index < -0.39 is 58.4 Å². The molecule has 7 heteroatoms. The van der Waals surface area contributed by atoms with E-state index in [4.69, 9.17) is 4.74 Å². The molecular formula is C24H35FO6. The van der Waals surface area contributed by atoms with Crippen molar-refractivity contribution >= 4 is 17.5 Å². The summed E-state index contributed by atoms with van der Waals surface area (Å²) in [6.45, 7) is 6.14. The predicted octanol–water partition coefficient (Wildman–Crippen LogP) is 2.77. The van der Waals surface area contributed by atoms with Crippen molar-refractivity contribution in [3.63, 3.8) is 0 Å². The number of halogens is 1. The number of hydrogen-bond donors (Lipinski definition) is 2. The van der Waals surface area contributed by atoms with Crippen molar-refractivity contribution < 1.29 is 33.7 Å². The molecule has 4 fully saturated rings. The molecule has 4 aliphatic rings. The van der Waals surface area contributed by atoms with Crippen LogP contribution in [0.4, 0.5) is 4.39 Å². The smallest absolute Gasteiger partial charge is 0.303 e. The molecule has 0 aliphatic heterocycles. The Morgan fingerprint density at radius 1 is 1.19 bits per heavy atom. The quantitative estimate of drug-likeness (QED) is 0.657. The molecule has 31 heavy (non-hydrogen) atoms. The Kier molecular flexibility index (Phi) is 5.21. The summed E-state index contributed by atoms with van der Waals surface area (Å²) in [6, 6.07) is 0. The molecule has 9 atom stereocenters. The lowest BCUT2D eigenvalue weighted by Crippen LogP contribution is -2.71. The normalized spacial score (nSPS) is 51.5. The van der Waals surface area contributed by atoms with E-state index in [9.17, 15) is 24.6 Å². The zero-order chi connectivity index (χ0) is 23.0. The average Bonchev–Trinajstić information content (AvgIpc) is 2.89. The molecule has 0 heterocycles. The summed E-state index contributed by atoms with van der Waals surface area (Å²) in [4.78, 5) is 36.4. The molecule has 4 rings (SSSR count). The molecule has 174 valence electrons. The highest BCUT2D eigenvalue weighted by Crippen LogP contribution is 2.71. The van der Waals surface area contributed by atoms with Crippen LogP contribution in [0.5, 0.6) is 0 Å². The molecule has 2 N–H and O–H groups in total. The topological polar surface area (TPSA) is 101 Å². The second kappa shape index (κ2) is 7.08. The van der Waals surface area contributed by atoms with Crippen LogP contribution >= 0.6 is 0 Å². The Morgan fingerprint density at radius 3 is 2.52 bits per heavy atom. The second-order valence-electron chi connectivity index (χ2n) is 11.2. The predicted molar refractivity (Wildman–Crippen MR) is 110 cm³/mol. The van der Waals surface area contributed by atoms with E-state index in [2.05, 4.69) is 0 Å². The van der Waals surface area contributed by atoms with Crippen molar-refractivity contribution in [3.05, 3.63) is 0 Å². The maximum Gasteiger partial charge on any atom is 0.303 e. The van der Waals surface area contributed by atoms with Crippen molar-refractivity contribution in [1.29, 1.82) is 0 Å². The molecule has 0 amide bonds. The Morgan fingerprint density at radius 2 is 1.87 bits per heavy atom. The van der Waals surface area contributed by atoms with E-state index in [1.807, 2.05) is 6.92 Å². The van der Waals surface area contributed by atoms with E-state index in [0.29, 0.717) is 38.5 Å². The number of esters is 1. The summed E-state index contributed by atoms with van der Waals surface area (Å²) < 4.78 is 22.0. The number of fused-ring (bicyclic) bond motifs is 5. The number of carbonyl (C=O) groups excluding carboxylic acids is 3. The van der Waals surface area contributed by atoms with Gasteiger partial charge < -0.3 is 14.9 Å². The highest BCUT2D eigenvalue weighted by Gasteiger charge is 2.76. The molecule has 0 unspecified atom stereocenters. The first-order chi connectivity index (χ1) is 14.3. The van der Waals surface area contributed by atoms with Gasteiger partial charge in [-0.1, -0.05) is 20.8 Å². The third-order valence-corrected chi connectivity index (χ3v) is 9.97. The zero-order valence-electron chi connectivity index (χ0n) is 18.9. The van der Waals surface area contributed by atoms with Gasteiger partial charge in [-0.05, 0) is 55.8 Å². The molecule has 0 aromatic heterocycles. The largest absolute Gasteiger partial charge is 0.458 e. The molecule has 0 saturated heterocycles. The monoisotopic (exact) mass is 438 g/mol. The van der Waals surface area contributed by atoms with Crippen LogP contribution in [0.15, 0.2) is 0 Å². The van der Waals surface area contributed by atoms with Crippen LogP contribution < -0.4 is 0 Å². The fourth-order valence-corrected chi connectivity index (χ4v) is 8.26. The maximum atomic E-state index is 17.1. The Balaban J connectivity index is 1.72. The number of aliphatic hydroxyl groups excluding tert-OH is 1. The Hall–Kier alpha value is -1.34. The van der Waals surface area contributed by atoms with E-state index in [1.54, 1.807) is 13.8 Å². The van der Waals surface area contributed by atoms with Crippen molar-refractivity contribution in [2.24, 2.45) is 34.5 Å². The van der Waals surface area contributed by atoms with Crippen molar-refractivity contribution in [1.82, 2.24) is 0 Å². The highest BCUT2D eigenvalue weighted by atomic mass is 19.1. The molecule has 0 radical (unpaired) electrons. The molecular weight excluding hydrogens is 403 g/mol. The SMILES string of the molecule is CC(=O)OCC(=O)[C@@]1(O)[C@H](C)C[C@H]2[C@@H]3CC[C@H]4CC(=O)CC[C@]4(C)[C@@]3(F)[C@@H](O)C[C@@]21C. The number of ether oxygens (including phenoxy) is 1. The van der Waals surface area contributed by atoms with E-state index in [-0.39, 0.29) is 24.0 Å². The number of aliphatic hydroxyl groups is 2. The summed E-state index contributed by atoms with van der Waals surface area (Å²) in [5.74, 6) is -2.32. The number of hydrogen-bond acceptors (Lipinski definition) is 6. The van der Waals surface area contributed by atoms with Crippen LogP contribution in [0, 0.1) is 34.5 Å². The summed E-state index contributed by atoms with van der Waals surface area (Å²) in [7, 11) is 0. The molecule has 0 aromatic carbocycles. The first kappa shape index (κ1) is 22.8. The van der Waals surface area contributed by atoms with Gasteiger partial charge in [-0.25, -0.2) is 4.39 Å². The minimum Gasteiger partial charge on any atom is -0.458 e. The van der Waals surface area contributed by atoms with Gasteiger partial charge in [0.05, 0.1) is 6.10 Å². The number of Topliss-reactive ketones (excluding diaryl/α,β-unsaturated/α-hetero) is 2. The van der Waals surface area contributed by atoms with Crippen LogP contribution in [0.3, 0.4) is 0 Å². The zero-order valence-corrected chi connectivity index (χ0v) is 18.9. The summed E-state index contributed by atoms with van der Waals surface area (Å²) >= 11 is 0. The summed E-state index contributed by atoms with van der Waals surface area (Å²) in [5.41, 5.74) is -5.46. The van der Waals surface area contributed by atoms with E-state index in [1.165, 1.54) is 6.92 Å². The molecule has 0 bridgehead atoms. The van der Waals surface area contributed by atoms with Gasteiger partial charge in [0.1, 0.15) is 17.1 Å². The Labute approximate surface area is 182 Å². The van der Waals surface area contributed by atoms with Gasteiger partial charge in [0, 0.05) is 30.6 Å². The Bertz CT molecular complexity index is 814. The van der Waals surface area contributed by atoms with E-state index in [0.717, 1.165) is 0 Å². The van der Waals surface area contributed by atoms with Crippen molar-refractivity contribution in [2.75, 3.05) is 6.61 Å². The number of ketones is 2. The first-order valence-corrected chi connectivity index (χ1v) is 11.6. The first-order valence-electron chi connectivity index (χ1n) is 11.6. The van der Waals surface area contributed by atoms with Crippen molar-refractivity contribution in [2.45, 2.75) is 90.0 Å². The van der Waals surface area contributed by atoms with Crippen molar-refractivity contribution in [3.8, 4) is 0 Å². The van der Waals surface area contributed by atoms with E-state index >= 15 is 4.39 Å². The molecule has 6 nitrogen and oxygen atoms in total. The van der Waals surface area contributed by atoms with Crippen LogP contribution in [0.1, 0.15) is 72.6 Å². The summed E-state index contributed by atoms with van der Waals surface area (Å²) in [6.07, 6.45) is 1.48. The standard InChI is InChI=1S/C24H35FO6/c1-13-9-18-17-6-5-15-10-16(27)7-8-21(15,3)23(17,25)19(28)11-22(18,4)24(13,30)20(29)12-31-14(2)26/h13,15,17-19,28,30H,5-12H2,1-4H3/t13-,15+,17+,18+,19+,21+,22+,23+,24+/m1/s1. The number of carbonyl (C=O) groups is 3. The fourth-order valence-electron chi connectivity index (χ4n) is 8.26. The van der Waals surface area contributed by atoms with Gasteiger partial charge in [0.15, 0.2) is 6.61 Å². The minimum atomic E-state index is -1.86. The van der Waals surface area contributed by atoms with Gasteiger partial charge in [-0.2, -0.15) is 0 Å². The molecule has 4 aliphatic carbocycles. The van der Waals surface area contributed by atoms with Crippen LogP contribution in [0.2, 0.25) is 0 Å². The number of alkyl halides is 1. The minimum absolute atomic E-state index is 0.0342. The highest BCUT2D eigenvalue weighted by molar-refractivity contribution is 5.91. The van der Waals surface area contributed by atoms with Crippen LogP contribution in [0.25, 0.3) is 0 Å². The van der Waals surface area contributed by atoms with Crippen LogP contribution in [-0.4, -0.2) is 51.7 Å². The lowest BCUT2D eigenvalue weighted by atomic mass is 9.42. The lowest BCUT2D eigenvalue weighted by molar-refractivity contribution is -0.255. The summed E-state index contributed by atoms with van der Waals surface area (Å²) in [5, 5.41) is 23.0. The average molecular weight is 439 g/mol.